The second kappa shape index (κ2) is 4.94. The molecule has 0 aromatic heterocycles. The fourth-order valence-corrected chi connectivity index (χ4v) is 4.11. The van der Waals surface area contributed by atoms with Crippen LogP contribution >= 0.6 is 0 Å². The molecule has 6 heteroatoms. The second-order valence-electron chi connectivity index (χ2n) is 5.20. The van der Waals surface area contributed by atoms with Crippen LogP contribution in [0.3, 0.4) is 0 Å². The van der Waals surface area contributed by atoms with Gasteiger partial charge in [0, 0.05) is 18.0 Å². The zero-order chi connectivity index (χ0) is 12.5. The molecule has 0 aromatic rings. The van der Waals surface area contributed by atoms with Crippen molar-refractivity contribution in [2.24, 2.45) is 11.7 Å². The molecule has 1 aliphatic heterocycles. The van der Waals surface area contributed by atoms with Crippen molar-refractivity contribution in [3.63, 3.8) is 0 Å². The minimum absolute atomic E-state index is 0.0130. The standard InChI is InChI=1S/C11H20N2O3S/c12-9-1-2-10(7-9)13-11(14)8-3-5-17(15,16)6-4-8/h8-10H,1-7,12H2,(H,13,14)/t9-,10-/m1/s1. The van der Waals surface area contributed by atoms with Gasteiger partial charge in [-0.15, -0.1) is 0 Å². The van der Waals surface area contributed by atoms with Crippen molar-refractivity contribution in [3.8, 4) is 0 Å². The van der Waals surface area contributed by atoms with Crippen LogP contribution in [0.25, 0.3) is 0 Å². The average Bonchev–Trinajstić information content (AvgIpc) is 2.63. The number of nitrogens with one attached hydrogen (secondary N) is 1. The molecule has 0 aromatic carbocycles. The van der Waals surface area contributed by atoms with Crippen molar-refractivity contribution in [1.29, 1.82) is 0 Å². The fourth-order valence-electron chi connectivity index (χ4n) is 2.62. The summed E-state index contributed by atoms with van der Waals surface area (Å²) in [5.41, 5.74) is 5.78. The van der Waals surface area contributed by atoms with E-state index in [1.54, 1.807) is 0 Å². The van der Waals surface area contributed by atoms with Crippen LogP contribution in [0, 0.1) is 5.92 Å². The number of sulfone groups is 1. The molecule has 0 radical (unpaired) electrons. The van der Waals surface area contributed by atoms with E-state index in [9.17, 15) is 13.2 Å². The maximum Gasteiger partial charge on any atom is 0.223 e. The number of hydrogen-bond acceptors (Lipinski definition) is 4. The minimum Gasteiger partial charge on any atom is -0.353 e. The number of hydrogen-bond donors (Lipinski definition) is 2. The summed E-state index contributed by atoms with van der Waals surface area (Å²) in [4.78, 5) is 11.9. The lowest BCUT2D eigenvalue weighted by Gasteiger charge is -2.23. The highest BCUT2D eigenvalue weighted by molar-refractivity contribution is 7.91. The Hall–Kier alpha value is -0.620. The zero-order valence-electron chi connectivity index (χ0n) is 9.89. The first kappa shape index (κ1) is 12.8. The van der Waals surface area contributed by atoms with E-state index in [1.165, 1.54) is 0 Å². The van der Waals surface area contributed by atoms with E-state index < -0.39 is 9.84 Å². The number of nitrogens with two attached hydrogens (primary N) is 1. The molecule has 2 rings (SSSR count). The van der Waals surface area contributed by atoms with Gasteiger partial charge in [-0.3, -0.25) is 4.79 Å². The topological polar surface area (TPSA) is 89.3 Å². The molecule has 1 amide bonds. The lowest BCUT2D eigenvalue weighted by Crippen LogP contribution is -2.41. The average molecular weight is 260 g/mol. The summed E-state index contributed by atoms with van der Waals surface area (Å²) in [5, 5.41) is 2.99. The number of amides is 1. The smallest absolute Gasteiger partial charge is 0.223 e. The maximum atomic E-state index is 11.9. The van der Waals surface area contributed by atoms with Crippen molar-refractivity contribution in [2.45, 2.75) is 44.2 Å². The molecule has 3 N–H and O–H groups in total. The molecule has 2 fully saturated rings. The third kappa shape index (κ3) is 3.42. The number of rotatable bonds is 2. The van der Waals surface area contributed by atoms with Gasteiger partial charge in [0.25, 0.3) is 0 Å². The van der Waals surface area contributed by atoms with Crippen LogP contribution in [0.1, 0.15) is 32.1 Å². The van der Waals surface area contributed by atoms with Gasteiger partial charge in [-0.25, -0.2) is 8.42 Å². The maximum absolute atomic E-state index is 11.9. The molecule has 1 saturated heterocycles. The Morgan fingerprint density at radius 3 is 2.29 bits per heavy atom. The van der Waals surface area contributed by atoms with E-state index in [0.717, 1.165) is 19.3 Å². The summed E-state index contributed by atoms with van der Waals surface area (Å²) in [6.07, 6.45) is 3.68. The van der Waals surface area contributed by atoms with Crippen LogP contribution in [0.15, 0.2) is 0 Å². The normalized spacial score (nSPS) is 33.5. The Morgan fingerprint density at radius 1 is 1.12 bits per heavy atom. The lowest BCUT2D eigenvalue weighted by molar-refractivity contribution is -0.125. The van der Waals surface area contributed by atoms with Crippen LogP contribution in [0.4, 0.5) is 0 Å². The van der Waals surface area contributed by atoms with Crippen LogP contribution in [-0.2, 0) is 14.6 Å². The third-order valence-electron chi connectivity index (χ3n) is 3.74. The highest BCUT2D eigenvalue weighted by Gasteiger charge is 2.31. The quantitative estimate of drug-likeness (QED) is 0.720. The van der Waals surface area contributed by atoms with E-state index in [-0.39, 0.29) is 35.4 Å². The molecule has 2 atom stereocenters. The number of carbonyl (C=O) groups excluding carboxylic acids is 1. The van der Waals surface area contributed by atoms with E-state index in [0.29, 0.717) is 12.8 Å². The molecule has 98 valence electrons. The van der Waals surface area contributed by atoms with Crippen molar-refractivity contribution in [2.75, 3.05) is 11.5 Å². The third-order valence-corrected chi connectivity index (χ3v) is 5.46. The van der Waals surface area contributed by atoms with E-state index >= 15 is 0 Å². The monoisotopic (exact) mass is 260 g/mol. The largest absolute Gasteiger partial charge is 0.353 e. The van der Waals surface area contributed by atoms with Crippen LogP contribution in [0.5, 0.6) is 0 Å². The highest BCUT2D eigenvalue weighted by Crippen LogP contribution is 2.21. The van der Waals surface area contributed by atoms with Crippen LogP contribution in [-0.4, -0.2) is 37.9 Å². The van der Waals surface area contributed by atoms with E-state index in [2.05, 4.69) is 5.32 Å². The van der Waals surface area contributed by atoms with E-state index in [1.807, 2.05) is 0 Å². The van der Waals surface area contributed by atoms with Crippen molar-refractivity contribution in [3.05, 3.63) is 0 Å². The fraction of sp³-hybridized carbons (Fsp3) is 0.909. The molecule has 17 heavy (non-hydrogen) atoms. The summed E-state index contributed by atoms with van der Waals surface area (Å²) in [5.74, 6) is 0.180. The summed E-state index contributed by atoms with van der Waals surface area (Å²) in [6.45, 7) is 0. The van der Waals surface area contributed by atoms with Gasteiger partial charge < -0.3 is 11.1 Å². The number of carbonyl (C=O) groups is 1. The summed E-state index contributed by atoms with van der Waals surface area (Å²) in [6, 6.07) is 0.392. The summed E-state index contributed by atoms with van der Waals surface area (Å²) >= 11 is 0. The van der Waals surface area contributed by atoms with Gasteiger partial charge in [0.15, 0.2) is 0 Å². The molecule has 5 nitrogen and oxygen atoms in total. The molecular formula is C11H20N2O3S. The highest BCUT2D eigenvalue weighted by atomic mass is 32.2. The predicted molar refractivity (Wildman–Crippen MR) is 65.1 cm³/mol. The Balaban J connectivity index is 1.81. The van der Waals surface area contributed by atoms with Gasteiger partial charge in [-0.2, -0.15) is 0 Å². The van der Waals surface area contributed by atoms with Crippen LogP contribution in [0.2, 0.25) is 0 Å². The lowest BCUT2D eigenvalue weighted by atomic mass is 10.0. The molecular weight excluding hydrogens is 240 g/mol. The first-order valence-corrected chi connectivity index (χ1v) is 8.05. The van der Waals surface area contributed by atoms with Gasteiger partial charge in [0.2, 0.25) is 5.91 Å². The van der Waals surface area contributed by atoms with Gasteiger partial charge in [-0.1, -0.05) is 0 Å². The molecule has 0 bridgehead atoms. The Kier molecular flexibility index (Phi) is 3.73. The van der Waals surface area contributed by atoms with Gasteiger partial charge in [-0.05, 0) is 32.1 Å². The molecule has 1 heterocycles. The van der Waals surface area contributed by atoms with Gasteiger partial charge in [0.05, 0.1) is 11.5 Å². The predicted octanol–water partition coefficient (Wildman–Crippen LogP) is -0.193. The first-order valence-electron chi connectivity index (χ1n) is 6.22. The minimum atomic E-state index is -2.89. The van der Waals surface area contributed by atoms with Gasteiger partial charge in [0.1, 0.15) is 9.84 Å². The van der Waals surface area contributed by atoms with Gasteiger partial charge >= 0.3 is 0 Å². The summed E-state index contributed by atoms with van der Waals surface area (Å²) < 4.78 is 22.5. The van der Waals surface area contributed by atoms with E-state index in [4.69, 9.17) is 5.73 Å². The molecule has 1 saturated carbocycles. The second-order valence-corrected chi connectivity index (χ2v) is 7.51. The molecule has 0 unspecified atom stereocenters. The van der Waals surface area contributed by atoms with Crippen molar-refractivity contribution < 1.29 is 13.2 Å². The Bertz CT molecular complexity index is 380. The molecule has 0 spiro atoms. The van der Waals surface area contributed by atoms with Crippen molar-refractivity contribution in [1.82, 2.24) is 5.32 Å². The Morgan fingerprint density at radius 2 is 1.76 bits per heavy atom. The van der Waals surface area contributed by atoms with Crippen molar-refractivity contribution >= 4 is 15.7 Å². The zero-order valence-corrected chi connectivity index (χ0v) is 10.7. The molecule has 1 aliphatic carbocycles. The summed E-state index contributed by atoms with van der Waals surface area (Å²) in [7, 11) is -2.89. The first-order chi connectivity index (χ1) is 7.96. The SMILES string of the molecule is N[C@@H]1CC[C@@H](NC(=O)C2CCS(=O)(=O)CC2)C1. The Labute approximate surface area is 102 Å². The van der Waals surface area contributed by atoms with Crippen LogP contribution < -0.4 is 11.1 Å². The molecule has 2 aliphatic rings.